The molecule has 0 amide bonds. The summed E-state index contributed by atoms with van der Waals surface area (Å²) in [5, 5.41) is 2.17. The number of rotatable bonds is 2. The lowest BCUT2D eigenvalue weighted by Crippen LogP contribution is -1.89. The van der Waals surface area contributed by atoms with Crippen LogP contribution in [0.5, 0.6) is 11.5 Å². The first kappa shape index (κ1) is 10.5. The Labute approximate surface area is 102 Å². The van der Waals surface area contributed by atoms with Crippen LogP contribution in [-0.2, 0) is 0 Å². The van der Waals surface area contributed by atoms with Crippen LogP contribution in [0, 0.1) is 3.57 Å². The second-order valence-corrected chi connectivity index (χ2v) is 4.41. The van der Waals surface area contributed by atoms with Crippen molar-refractivity contribution in [3.05, 3.63) is 33.9 Å². The molecule has 2 nitrogen and oxygen atoms in total. The summed E-state index contributed by atoms with van der Waals surface area (Å²) in [6.45, 7) is 0. The molecule has 0 unspecified atom stereocenters. The fourth-order valence-corrected chi connectivity index (χ4v) is 2.11. The van der Waals surface area contributed by atoms with Crippen molar-refractivity contribution in [3.8, 4) is 11.5 Å². The average Bonchev–Trinajstić information content (AvgIpc) is 2.27. The molecule has 2 aromatic carbocycles. The fourth-order valence-electron chi connectivity index (χ4n) is 1.62. The Hall–Kier alpha value is -0.970. The highest BCUT2D eigenvalue weighted by Crippen LogP contribution is 2.33. The molecule has 0 radical (unpaired) electrons. The first-order valence-corrected chi connectivity index (χ1v) is 5.64. The van der Waals surface area contributed by atoms with Crippen LogP contribution in [0.15, 0.2) is 30.3 Å². The van der Waals surface area contributed by atoms with Crippen LogP contribution in [0.2, 0.25) is 0 Å². The molecule has 0 atom stereocenters. The standard InChI is InChI=1S/C12H11IO2/c1-14-11-5-6-12(15-2)10-7-8(13)3-4-9(10)11/h3-7H,1-2H3. The first-order valence-electron chi connectivity index (χ1n) is 4.56. The highest BCUT2D eigenvalue weighted by atomic mass is 127. The van der Waals surface area contributed by atoms with Gasteiger partial charge >= 0.3 is 0 Å². The third kappa shape index (κ3) is 1.88. The smallest absolute Gasteiger partial charge is 0.126 e. The molecule has 2 rings (SSSR count). The number of benzene rings is 2. The minimum absolute atomic E-state index is 0.877. The Kier molecular flexibility index (Phi) is 3.00. The molecule has 2 aromatic rings. The second kappa shape index (κ2) is 4.26. The van der Waals surface area contributed by atoms with Gasteiger partial charge in [-0.15, -0.1) is 0 Å². The van der Waals surface area contributed by atoms with Gasteiger partial charge in [-0.05, 0) is 52.9 Å². The summed E-state index contributed by atoms with van der Waals surface area (Å²) in [6, 6.07) is 10.1. The van der Waals surface area contributed by atoms with E-state index in [1.54, 1.807) is 14.2 Å². The predicted octanol–water partition coefficient (Wildman–Crippen LogP) is 3.46. The fraction of sp³-hybridized carbons (Fsp3) is 0.167. The zero-order chi connectivity index (χ0) is 10.8. The molecule has 0 fully saturated rings. The van der Waals surface area contributed by atoms with Gasteiger partial charge < -0.3 is 9.47 Å². The van der Waals surface area contributed by atoms with Gasteiger partial charge in [0.25, 0.3) is 0 Å². The van der Waals surface area contributed by atoms with Gasteiger partial charge in [0.15, 0.2) is 0 Å². The van der Waals surface area contributed by atoms with E-state index in [1.165, 1.54) is 3.57 Å². The number of methoxy groups -OCH3 is 2. The van der Waals surface area contributed by atoms with E-state index in [4.69, 9.17) is 9.47 Å². The van der Waals surface area contributed by atoms with Gasteiger partial charge in [-0.3, -0.25) is 0 Å². The molecular weight excluding hydrogens is 303 g/mol. The van der Waals surface area contributed by atoms with Crippen LogP contribution in [0.1, 0.15) is 0 Å². The molecule has 0 aromatic heterocycles. The third-order valence-electron chi connectivity index (χ3n) is 2.34. The van der Waals surface area contributed by atoms with E-state index in [9.17, 15) is 0 Å². The van der Waals surface area contributed by atoms with Crippen molar-refractivity contribution in [2.45, 2.75) is 0 Å². The van der Waals surface area contributed by atoms with Gasteiger partial charge in [0.1, 0.15) is 11.5 Å². The lowest BCUT2D eigenvalue weighted by Gasteiger charge is -2.09. The topological polar surface area (TPSA) is 18.5 Å². The first-order chi connectivity index (χ1) is 7.26. The molecule has 15 heavy (non-hydrogen) atoms. The van der Waals surface area contributed by atoms with Gasteiger partial charge in [0.2, 0.25) is 0 Å². The molecule has 78 valence electrons. The van der Waals surface area contributed by atoms with Crippen LogP contribution in [-0.4, -0.2) is 14.2 Å². The number of halogens is 1. The predicted molar refractivity (Wildman–Crippen MR) is 69.8 cm³/mol. The third-order valence-corrected chi connectivity index (χ3v) is 3.01. The minimum Gasteiger partial charge on any atom is -0.496 e. The van der Waals surface area contributed by atoms with E-state index in [2.05, 4.69) is 40.8 Å². The summed E-state index contributed by atoms with van der Waals surface area (Å²) < 4.78 is 11.8. The maximum absolute atomic E-state index is 5.32. The molecular formula is C12H11IO2. The molecule has 3 heteroatoms. The maximum atomic E-state index is 5.32. The van der Waals surface area contributed by atoms with Crippen molar-refractivity contribution < 1.29 is 9.47 Å². The molecule has 0 aliphatic rings. The van der Waals surface area contributed by atoms with Crippen molar-refractivity contribution in [2.75, 3.05) is 14.2 Å². The molecule has 0 bridgehead atoms. The number of hydrogen-bond donors (Lipinski definition) is 0. The summed E-state index contributed by atoms with van der Waals surface area (Å²) in [5.74, 6) is 1.76. The zero-order valence-electron chi connectivity index (χ0n) is 8.58. The van der Waals surface area contributed by atoms with E-state index in [-0.39, 0.29) is 0 Å². The Balaban J connectivity index is 2.80. The Morgan fingerprint density at radius 3 is 2.07 bits per heavy atom. The molecule has 0 aliphatic carbocycles. The Bertz CT molecular complexity index is 494. The summed E-state index contributed by atoms with van der Waals surface area (Å²) in [6.07, 6.45) is 0. The van der Waals surface area contributed by atoms with Crippen molar-refractivity contribution in [3.63, 3.8) is 0 Å². The van der Waals surface area contributed by atoms with Gasteiger partial charge in [0.05, 0.1) is 14.2 Å². The maximum Gasteiger partial charge on any atom is 0.126 e. The van der Waals surface area contributed by atoms with Crippen LogP contribution in [0.4, 0.5) is 0 Å². The lowest BCUT2D eigenvalue weighted by molar-refractivity contribution is 0.410. The zero-order valence-corrected chi connectivity index (χ0v) is 10.7. The lowest BCUT2D eigenvalue weighted by atomic mass is 10.1. The van der Waals surface area contributed by atoms with Gasteiger partial charge in [0, 0.05) is 14.3 Å². The van der Waals surface area contributed by atoms with E-state index in [0.717, 1.165) is 22.3 Å². The Morgan fingerprint density at radius 1 is 0.867 bits per heavy atom. The largest absolute Gasteiger partial charge is 0.496 e. The molecule has 0 spiro atoms. The molecule has 0 heterocycles. The highest BCUT2D eigenvalue weighted by Gasteiger charge is 2.06. The van der Waals surface area contributed by atoms with Crippen LogP contribution in [0.3, 0.4) is 0 Å². The average molecular weight is 314 g/mol. The van der Waals surface area contributed by atoms with Gasteiger partial charge in [-0.2, -0.15) is 0 Å². The molecule has 0 aliphatic heterocycles. The molecule has 0 saturated heterocycles. The SMILES string of the molecule is COc1ccc(OC)c2cc(I)ccc12. The van der Waals surface area contributed by atoms with E-state index in [0.29, 0.717) is 0 Å². The van der Waals surface area contributed by atoms with Crippen LogP contribution < -0.4 is 9.47 Å². The quantitative estimate of drug-likeness (QED) is 0.791. The van der Waals surface area contributed by atoms with E-state index >= 15 is 0 Å². The minimum atomic E-state index is 0.877. The summed E-state index contributed by atoms with van der Waals surface area (Å²) in [5.41, 5.74) is 0. The van der Waals surface area contributed by atoms with Crippen molar-refractivity contribution in [1.82, 2.24) is 0 Å². The summed E-state index contributed by atoms with van der Waals surface area (Å²) in [7, 11) is 3.36. The summed E-state index contributed by atoms with van der Waals surface area (Å²) >= 11 is 2.29. The number of hydrogen-bond acceptors (Lipinski definition) is 2. The number of ether oxygens (including phenoxy) is 2. The normalized spacial score (nSPS) is 10.3. The van der Waals surface area contributed by atoms with E-state index < -0.39 is 0 Å². The van der Waals surface area contributed by atoms with Gasteiger partial charge in [-0.25, -0.2) is 0 Å². The summed E-state index contributed by atoms with van der Waals surface area (Å²) in [4.78, 5) is 0. The van der Waals surface area contributed by atoms with Crippen LogP contribution in [0.25, 0.3) is 10.8 Å². The Morgan fingerprint density at radius 2 is 1.47 bits per heavy atom. The van der Waals surface area contributed by atoms with Crippen molar-refractivity contribution in [2.24, 2.45) is 0 Å². The van der Waals surface area contributed by atoms with Crippen molar-refractivity contribution >= 4 is 33.4 Å². The van der Waals surface area contributed by atoms with Crippen molar-refractivity contribution in [1.29, 1.82) is 0 Å². The monoisotopic (exact) mass is 314 g/mol. The second-order valence-electron chi connectivity index (χ2n) is 3.16. The highest BCUT2D eigenvalue weighted by molar-refractivity contribution is 14.1. The van der Waals surface area contributed by atoms with Crippen LogP contribution >= 0.6 is 22.6 Å². The number of fused-ring (bicyclic) bond motifs is 1. The molecule has 0 saturated carbocycles. The van der Waals surface area contributed by atoms with Gasteiger partial charge in [-0.1, -0.05) is 0 Å². The molecule has 0 N–H and O–H groups in total. The van der Waals surface area contributed by atoms with E-state index in [1.807, 2.05) is 12.1 Å².